The number of ketones is 1. The number of aromatic nitrogens is 1. The van der Waals surface area contributed by atoms with Crippen molar-refractivity contribution in [2.75, 3.05) is 0 Å². The number of Topliss-reactive ketones (excluding diaryl/α,β-unsaturated/α-hetero) is 1. The van der Waals surface area contributed by atoms with Crippen LogP contribution in [0.2, 0.25) is 0 Å². The van der Waals surface area contributed by atoms with E-state index in [9.17, 15) is 14.9 Å². The van der Waals surface area contributed by atoms with Crippen LogP contribution < -0.4 is 4.74 Å². The van der Waals surface area contributed by atoms with Gasteiger partial charge in [-0.05, 0) is 38.5 Å². The van der Waals surface area contributed by atoms with Gasteiger partial charge < -0.3 is 4.74 Å². The average molecular weight is 286 g/mol. The summed E-state index contributed by atoms with van der Waals surface area (Å²) in [6.07, 6.45) is 1.44. The van der Waals surface area contributed by atoms with Crippen molar-refractivity contribution in [3.8, 4) is 11.6 Å². The Morgan fingerprint density at radius 1 is 1.24 bits per heavy atom. The first-order chi connectivity index (χ1) is 9.88. The molecular formula is C15H14N2O4. The highest BCUT2D eigenvalue weighted by Crippen LogP contribution is 2.30. The largest absolute Gasteiger partial charge is 0.439 e. The Labute approximate surface area is 121 Å². The van der Waals surface area contributed by atoms with E-state index in [4.69, 9.17) is 4.74 Å². The fourth-order valence-corrected chi connectivity index (χ4v) is 1.84. The van der Waals surface area contributed by atoms with Crippen molar-refractivity contribution < 1.29 is 14.5 Å². The summed E-state index contributed by atoms with van der Waals surface area (Å²) in [7, 11) is 0. The molecule has 2 rings (SSSR count). The van der Waals surface area contributed by atoms with Crippen molar-refractivity contribution in [2.24, 2.45) is 0 Å². The Balaban J connectivity index is 2.29. The number of carbonyl (C=O) groups excluding carboxylic acids is 1. The first-order valence-electron chi connectivity index (χ1n) is 6.29. The topological polar surface area (TPSA) is 82.3 Å². The number of hydrogen-bond donors (Lipinski definition) is 0. The lowest BCUT2D eigenvalue weighted by molar-refractivity contribution is -0.385. The minimum atomic E-state index is -0.425. The molecule has 0 atom stereocenters. The van der Waals surface area contributed by atoms with Crippen molar-refractivity contribution in [3.63, 3.8) is 0 Å². The maximum Gasteiger partial charge on any atom is 0.272 e. The third-order valence-corrected chi connectivity index (χ3v) is 3.05. The Bertz CT molecular complexity index is 708. The van der Waals surface area contributed by atoms with E-state index < -0.39 is 4.92 Å². The molecule has 0 fully saturated rings. The van der Waals surface area contributed by atoms with Crippen LogP contribution in [-0.2, 0) is 0 Å². The number of nitro benzene ring substituents is 1. The monoisotopic (exact) mass is 286 g/mol. The van der Waals surface area contributed by atoms with Crippen LogP contribution in [0, 0.1) is 24.0 Å². The van der Waals surface area contributed by atoms with Gasteiger partial charge >= 0.3 is 0 Å². The van der Waals surface area contributed by atoms with Crippen LogP contribution in [0.25, 0.3) is 0 Å². The zero-order valence-electron chi connectivity index (χ0n) is 11.9. The SMILES string of the molecule is CC(=O)c1ccc(Oc2cc(C)c([N+](=O)[O-])cc2C)nc1. The second-order valence-electron chi connectivity index (χ2n) is 4.70. The second kappa shape index (κ2) is 5.70. The molecule has 6 heteroatoms. The fourth-order valence-electron chi connectivity index (χ4n) is 1.84. The Hall–Kier alpha value is -2.76. The Kier molecular flexibility index (Phi) is 3.98. The number of nitro groups is 1. The molecule has 0 saturated carbocycles. The van der Waals surface area contributed by atoms with Gasteiger partial charge in [0.05, 0.1) is 4.92 Å². The van der Waals surface area contributed by atoms with E-state index in [1.807, 2.05) is 0 Å². The summed E-state index contributed by atoms with van der Waals surface area (Å²) in [4.78, 5) is 25.7. The molecule has 1 aromatic heterocycles. The van der Waals surface area contributed by atoms with E-state index in [0.717, 1.165) is 0 Å². The minimum Gasteiger partial charge on any atom is -0.439 e. The number of benzene rings is 1. The van der Waals surface area contributed by atoms with Gasteiger partial charge in [0.15, 0.2) is 5.78 Å². The number of pyridine rings is 1. The molecule has 0 bridgehead atoms. The van der Waals surface area contributed by atoms with Crippen LogP contribution in [0.4, 0.5) is 5.69 Å². The van der Waals surface area contributed by atoms with Gasteiger partial charge in [-0.25, -0.2) is 4.98 Å². The van der Waals surface area contributed by atoms with Crippen LogP contribution in [0.15, 0.2) is 30.5 Å². The number of nitrogens with zero attached hydrogens (tertiary/aromatic N) is 2. The molecule has 0 amide bonds. The number of ether oxygens (including phenoxy) is 1. The van der Waals surface area contributed by atoms with Gasteiger partial charge in [-0.2, -0.15) is 0 Å². The summed E-state index contributed by atoms with van der Waals surface area (Å²) in [6, 6.07) is 6.29. The van der Waals surface area contributed by atoms with Gasteiger partial charge in [0.25, 0.3) is 5.69 Å². The summed E-state index contributed by atoms with van der Waals surface area (Å²) in [5.74, 6) is 0.758. The lowest BCUT2D eigenvalue weighted by Crippen LogP contribution is -1.97. The maximum absolute atomic E-state index is 11.2. The fraction of sp³-hybridized carbons (Fsp3) is 0.200. The molecule has 0 spiro atoms. The number of hydrogen-bond acceptors (Lipinski definition) is 5. The Morgan fingerprint density at radius 2 is 1.95 bits per heavy atom. The van der Waals surface area contributed by atoms with Gasteiger partial charge in [-0.1, -0.05) is 0 Å². The number of rotatable bonds is 4. The molecule has 108 valence electrons. The smallest absolute Gasteiger partial charge is 0.272 e. The van der Waals surface area contributed by atoms with Crippen LogP contribution >= 0.6 is 0 Å². The molecule has 21 heavy (non-hydrogen) atoms. The summed E-state index contributed by atoms with van der Waals surface area (Å²) >= 11 is 0. The standard InChI is InChI=1S/C15H14N2O4/c1-9-7-14(10(2)6-13(9)17(19)20)21-15-5-4-12(8-16-15)11(3)18/h4-8H,1-3H3. The van der Waals surface area contributed by atoms with Crippen molar-refractivity contribution in [3.05, 3.63) is 57.3 Å². The summed E-state index contributed by atoms with van der Waals surface area (Å²) in [5.41, 5.74) is 1.71. The lowest BCUT2D eigenvalue weighted by atomic mass is 10.1. The molecule has 0 N–H and O–H groups in total. The molecule has 0 unspecified atom stereocenters. The molecule has 0 aliphatic heterocycles. The first kappa shape index (κ1) is 14.6. The van der Waals surface area contributed by atoms with Gasteiger partial charge in [0, 0.05) is 29.5 Å². The molecule has 6 nitrogen and oxygen atoms in total. The maximum atomic E-state index is 11.2. The lowest BCUT2D eigenvalue weighted by Gasteiger charge is -2.09. The minimum absolute atomic E-state index is 0.0553. The molecule has 0 radical (unpaired) electrons. The van der Waals surface area contributed by atoms with E-state index in [-0.39, 0.29) is 11.5 Å². The normalized spacial score (nSPS) is 10.2. The van der Waals surface area contributed by atoms with Crippen LogP contribution in [0.3, 0.4) is 0 Å². The van der Waals surface area contributed by atoms with Gasteiger partial charge in [-0.15, -0.1) is 0 Å². The zero-order valence-corrected chi connectivity index (χ0v) is 11.9. The molecule has 0 saturated heterocycles. The van der Waals surface area contributed by atoms with Crippen LogP contribution in [-0.4, -0.2) is 15.7 Å². The van der Waals surface area contributed by atoms with E-state index in [1.54, 1.807) is 32.0 Å². The highest BCUT2D eigenvalue weighted by molar-refractivity contribution is 5.93. The average Bonchev–Trinajstić information content (AvgIpc) is 2.42. The predicted octanol–water partition coefficient (Wildman–Crippen LogP) is 3.60. The summed E-state index contributed by atoms with van der Waals surface area (Å²) < 4.78 is 5.61. The highest BCUT2D eigenvalue weighted by Gasteiger charge is 2.14. The summed E-state index contributed by atoms with van der Waals surface area (Å²) in [6.45, 7) is 4.84. The molecule has 2 aromatic rings. The van der Waals surface area contributed by atoms with Gasteiger partial charge in [0.1, 0.15) is 5.75 Å². The van der Waals surface area contributed by atoms with Crippen LogP contribution in [0.1, 0.15) is 28.4 Å². The Morgan fingerprint density at radius 3 is 2.48 bits per heavy atom. The van der Waals surface area contributed by atoms with Gasteiger partial charge in [0.2, 0.25) is 5.88 Å². The van der Waals surface area contributed by atoms with E-state index in [1.165, 1.54) is 19.2 Å². The number of aryl methyl sites for hydroxylation is 2. The third-order valence-electron chi connectivity index (χ3n) is 3.05. The van der Waals surface area contributed by atoms with Crippen molar-refractivity contribution >= 4 is 11.5 Å². The van der Waals surface area contributed by atoms with E-state index >= 15 is 0 Å². The second-order valence-corrected chi connectivity index (χ2v) is 4.70. The summed E-state index contributed by atoms with van der Waals surface area (Å²) in [5, 5.41) is 10.9. The molecule has 1 aromatic carbocycles. The highest BCUT2D eigenvalue weighted by atomic mass is 16.6. The van der Waals surface area contributed by atoms with Crippen molar-refractivity contribution in [2.45, 2.75) is 20.8 Å². The van der Waals surface area contributed by atoms with Crippen molar-refractivity contribution in [1.82, 2.24) is 4.98 Å². The predicted molar refractivity (Wildman–Crippen MR) is 76.9 cm³/mol. The molecule has 1 heterocycles. The van der Waals surface area contributed by atoms with E-state index in [2.05, 4.69) is 4.98 Å². The quantitative estimate of drug-likeness (QED) is 0.487. The molecular weight excluding hydrogens is 272 g/mol. The zero-order chi connectivity index (χ0) is 15.6. The molecule has 0 aliphatic rings. The first-order valence-corrected chi connectivity index (χ1v) is 6.29. The van der Waals surface area contributed by atoms with Crippen LogP contribution in [0.5, 0.6) is 11.6 Å². The van der Waals surface area contributed by atoms with E-state index in [0.29, 0.717) is 28.3 Å². The van der Waals surface area contributed by atoms with Gasteiger partial charge in [-0.3, -0.25) is 14.9 Å². The third kappa shape index (κ3) is 3.22. The number of carbonyl (C=O) groups is 1. The molecule has 0 aliphatic carbocycles. The van der Waals surface area contributed by atoms with Crippen molar-refractivity contribution in [1.29, 1.82) is 0 Å².